The van der Waals surface area contributed by atoms with Gasteiger partial charge in [-0.15, -0.1) is 0 Å². The third-order valence-electron chi connectivity index (χ3n) is 6.14. The quantitative estimate of drug-likeness (QED) is 0.435. The molecule has 11 heteroatoms. The van der Waals surface area contributed by atoms with Gasteiger partial charge in [0.05, 0.1) is 21.5 Å². The van der Waals surface area contributed by atoms with Crippen molar-refractivity contribution in [2.45, 2.75) is 37.0 Å². The van der Waals surface area contributed by atoms with Gasteiger partial charge >= 0.3 is 0 Å². The van der Waals surface area contributed by atoms with E-state index in [1.54, 1.807) is 40.8 Å². The lowest BCUT2D eigenvalue weighted by atomic mass is 10.2. The number of pyridine rings is 1. The zero-order valence-electron chi connectivity index (χ0n) is 19.7. The standard InChI is InChI=1S/C24H29N7O3S/c1-30-21-8-7-19(35(33,34)31-14-3-2-4-15-31)16-20(21)29-22(30)9-10-23(32)26-12-13-28-24-18(17-25)6-5-11-27-24/h5-8,11,16H,2-4,9-10,12-15H2,1H3,(H,26,32)(H,27,28). The van der Waals surface area contributed by atoms with Gasteiger partial charge in [0.1, 0.15) is 17.7 Å². The molecular formula is C24H29N7O3S. The normalized spacial score (nSPS) is 14.5. The van der Waals surface area contributed by atoms with Crippen LogP contribution in [0.5, 0.6) is 0 Å². The number of anilines is 1. The molecule has 3 heterocycles. The molecule has 10 nitrogen and oxygen atoms in total. The van der Waals surface area contributed by atoms with Gasteiger partial charge in [-0.05, 0) is 43.2 Å². The van der Waals surface area contributed by atoms with E-state index in [2.05, 4.69) is 26.7 Å². The summed E-state index contributed by atoms with van der Waals surface area (Å²) in [5.41, 5.74) is 1.88. The second-order valence-electron chi connectivity index (χ2n) is 8.49. The summed E-state index contributed by atoms with van der Waals surface area (Å²) in [6.45, 7) is 1.94. The summed E-state index contributed by atoms with van der Waals surface area (Å²) in [4.78, 5) is 21.3. The van der Waals surface area contributed by atoms with Crippen LogP contribution in [0, 0.1) is 11.3 Å². The predicted molar refractivity (Wildman–Crippen MR) is 132 cm³/mol. The summed E-state index contributed by atoms with van der Waals surface area (Å²) in [5, 5.41) is 15.0. The second kappa shape index (κ2) is 10.8. The monoisotopic (exact) mass is 495 g/mol. The molecular weight excluding hydrogens is 466 g/mol. The molecule has 1 saturated heterocycles. The molecule has 3 aromatic rings. The van der Waals surface area contributed by atoms with Crippen molar-refractivity contribution in [3.05, 3.63) is 47.9 Å². The number of amides is 1. The van der Waals surface area contributed by atoms with Crippen molar-refractivity contribution in [3.63, 3.8) is 0 Å². The molecule has 2 N–H and O–H groups in total. The average Bonchev–Trinajstić information content (AvgIpc) is 3.20. The van der Waals surface area contributed by atoms with Crippen LogP contribution < -0.4 is 10.6 Å². The predicted octanol–water partition coefficient (Wildman–Crippen LogP) is 2.18. The number of hydrogen-bond donors (Lipinski definition) is 2. The van der Waals surface area contributed by atoms with Crippen molar-refractivity contribution in [2.75, 3.05) is 31.5 Å². The Bertz CT molecular complexity index is 1360. The van der Waals surface area contributed by atoms with Gasteiger partial charge in [-0.25, -0.2) is 18.4 Å². The molecule has 4 rings (SSSR count). The number of aryl methyl sites for hydroxylation is 2. The number of rotatable bonds is 9. The minimum Gasteiger partial charge on any atom is -0.367 e. The smallest absolute Gasteiger partial charge is 0.243 e. The van der Waals surface area contributed by atoms with E-state index in [0.29, 0.717) is 55.3 Å². The molecule has 0 unspecified atom stereocenters. The molecule has 0 aliphatic carbocycles. The maximum Gasteiger partial charge on any atom is 0.243 e. The van der Waals surface area contributed by atoms with Gasteiger partial charge in [0.15, 0.2) is 0 Å². The van der Waals surface area contributed by atoms with Crippen LogP contribution in [0.3, 0.4) is 0 Å². The number of nitriles is 1. The largest absolute Gasteiger partial charge is 0.367 e. The fourth-order valence-electron chi connectivity index (χ4n) is 4.20. The van der Waals surface area contributed by atoms with E-state index in [1.807, 2.05) is 11.6 Å². The number of carbonyl (C=O) groups excluding carboxylic acids is 1. The highest BCUT2D eigenvalue weighted by Gasteiger charge is 2.26. The Hall–Kier alpha value is -3.49. The maximum atomic E-state index is 13.0. The number of nitrogens with zero attached hydrogens (tertiary/aromatic N) is 5. The van der Waals surface area contributed by atoms with Crippen LogP contribution in [0.15, 0.2) is 41.4 Å². The number of sulfonamides is 1. The summed E-state index contributed by atoms with van der Waals surface area (Å²) in [7, 11) is -1.66. The minimum atomic E-state index is -3.53. The van der Waals surface area contributed by atoms with Gasteiger partial charge in [-0.1, -0.05) is 6.42 Å². The number of nitrogens with one attached hydrogen (secondary N) is 2. The van der Waals surface area contributed by atoms with Gasteiger partial charge in [0, 0.05) is 52.3 Å². The van der Waals surface area contributed by atoms with Crippen molar-refractivity contribution < 1.29 is 13.2 Å². The summed E-state index contributed by atoms with van der Waals surface area (Å²) in [6, 6.07) is 10.5. The molecule has 1 aliphatic heterocycles. The number of benzene rings is 1. The van der Waals surface area contributed by atoms with Crippen LogP contribution in [0.4, 0.5) is 5.82 Å². The van der Waals surface area contributed by atoms with Crippen LogP contribution in [0.2, 0.25) is 0 Å². The first-order valence-electron chi connectivity index (χ1n) is 11.7. The molecule has 0 radical (unpaired) electrons. The third-order valence-corrected chi connectivity index (χ3v) is 8.04. The van der Waals surface area contributed by atoms with Crippen LogP contribution >= 0.6 is 0 Å². The van der Waals surface area contributed by atoms with Crippen molar-refractivity contribution >= 4 is 32.8 Å². The zero-order chi connectivity index (χ0) is 24.8. The van der Waals surface area contributed by atoms with E-state index in [-0.39, 0.29) is 17.2 Å². The molecule has 0 spiro atoms. The molecule has 184 valence electrons. The molecule has 1 amide bonds. The molecule has 0 saturated carbocycles. The maximum absolute atomic E-state index is 13.0. The average molecular weight is 496 g/mol. The number of hydrogen-bond acceptors (Lipinski definition) is 7. The molecule has 35 heavy (non-hydrogen) atoms. The Morgan fingerprint density at radius 1 is 1.17 bits per heavy atom. The van der Waals surface area contributed by atoms with E-state index in [0.717, 1.165) is 24.8 Å². The first-order valence-corrected chi connectivity index (χ1v) is 13.2. The van der Waals surface area contributed by atoms with Crippen LogP contribution in [-0.4, -0.2) is 59.3 Å². The SMILES string of the molecule is Cn1c(CCC(=O)NCCNc2ncccc2C#N)nc2cc(S(=O)(=O)N3CCCCC3)ccc21. The lowest BCUT2D eigenvalue weighted by molar-refractivity contribution is -0.121. The van der Waals surface area contributed by atoms with Gasteiger partial charge < -0.3 is 15.2 Å². The van der Waals surface area contributed by atoms with Crippen LogP contribution in [0.25, 0.3) is 11.0 Å². The topological polar surface area (TPSA) is 133 Å². The van der Waals surface area contributed by atoms with E-state index >= 15 is 0 Å². The molecule has 2 aromatic heterocycles. The van der Waals surface area contributed by atoms with Crippen molar-refractivity contribution in [3.8, 4) is 6.07 Å². The molecule has 1 fully saturated rings. The summed E-state index contributed by atoms with van der Waals surface area (Å²) < 4.78 is 29.5. The van der Waals surface area contributed by atoms with Crippen molar-refractivity contribution in [1.29, 1.82) is 5.26 Å². The van der Waals surface area contributed by atoms with Gasteiger partial charge in [0.2, 0.25) is 15.9 Å². The molecule has 1 aromatic carbocycles. The second-order valence-corrected chi connectivity index (χ2v) is 10.4. The van der Waals surface area contributed by atoms with Crippen molar-refractivity contribution in [1.82, 2.24) is 24.2 Å². The Labute approximate surface area is 205 Å². The van der Waals surface area contributed by atoms with Crippen LogP contribution in [-0.2, 0) is 28.3 Å². The first-order chi connectivity index (χ1) is 16.9. The highest BCUT2D eigenvalue weighted by Crippen LogP contribution is 2.25. The lowest BCUT2D eigenvalue weighted by Gasteiger charge is -2.25. The fourth-order valence-corrected chi connectivity index (χ4v) is 5.74. The summed E-state index contributed by atoms with van der Waals surface area (Å²) in [5.74, 6) is 1.09. The Kier molecular flexibility index (Phi) is 7.63. The Balaban J connectivity index is 1.33. The number of imidazole rings is 1. The molecule has 1 aliphatic rings. The minimum absolute atomic E-state index is 0.117. The summed E-state index contributed by atoms with van der Waals surface area (Å²) in [6.07, 6.45) is 5.12. The number of fused-ring (bicyclic) bond motifs is 1. The van der Waals surface area contributed by atoms with E-state index < -0.39 is 10.0 Å². The van der Waals surface area contributed by atoms with E-state index in [4.69, 9.17) is 5.26 Å². The highest BCUT2D eigenvalue weighted by atomic mass is 32.2. The van der Waals surface area contributed by atoms with Gasteiger partial charge in [-0.2, -0.15) is 9.57 Å². The Morgan fingerprint density at radius 3 is 2.74 bits per heavy atom. The molecule has 0 bridgehead atoms. The fraction of sp³-hybridized carbons (Fsp3) is 0.417. The van der Waals surface area contributed by atoms with E-state index in [1.165, 1.54) is 0 Å². The third kappa shape index (κ3) is 5.61. The molecule has 0 atom stereocenters. The van der Waals surface area contributed by atoms with Gasteiger partial charge in [-0.3, -0.25) is 4.79 Å². The first kappa shape index (κ1) is 24.6. The summed E-state index contributed by atoms with van der Waals surface area (Å²) >= 11 is 0. The van der Waals surface area contributed by atoms with Gasteiger partial charge in [0.25, 0.3) is 0 Å². The van der Waals surface area contributed by atoms with E-state index in [9.17, 15) is 13.2 Å². The highest BCUT2D eigenvalue weighted by molar-refractivity contribution is 7.89. The number of carbonyl (C=O) groups is 1. The Morgan fingerprint density at radius 2 is 1.97 bits per heavy atom. The van der Waals surface area contributed by atoms with Crippen molar-refractivity contribution in [2.24, 2.45) is 7.05 Å². The lowest BCUT2D eigenvalue weighted by Crippen LogP contribution is -2.35. The zero-order valence-corrected chi connectivity index (χ0v) is 20.5. The number of aromatic nitrogens is 3. The van der Waals surface area contributed by atoms with Crippen LogP contribution in [0.1, 0.15) is 37.1 Å². The number of piperidine rings is 1.